The maximum atomic E-state index is 3.51. The molecule has 1 rings (SSSR count). The Labute approximate surface area is 52.6 Å². The highest BCUT2D eigenvalue weighted by Gasteiger charge is 2.20. The van der Waals surface area contributed by atoms with Crippen molar-refractivity contribution in [2.45, 2.75) is 11.8 Å². The number of alkyl halides is 1. The van der Waals surface area contributed by atoms with E-state index in [2.05, 4.69) is 28.2 Å². The molecule has 1 atom stereocenters. The van der Waals surface area contributed by atoms with Crippen LogP contribution < -0.4 is 5.32 Å². The Morgan fingerprint density at radius 2 is 2.29 bits per heavy atom. The molecule has 0 aromatic rings. The summed E-state index contributed by atoms with van der Waals surface area (Å²) in [6.07, 6.45) is 0. The van der Waals surface area contributed by atoms with E-state index in [4.69, 9.17) is 0 Å². The van der Waals surface area contributed by atoms with Crippen molar-refractivity contribution in [3.05, 3.63) is 0 Å². The molecule has 0 bridgehead atoms. The van der Waals surface area contributed by atoms with E-state index in [1.807, 2.05) is 0 Å². The SMILES string of the molecule is CC(Br)C1CNC1. The Balaban J connectivity index is 2.14. The van der Waals surface area contributed by atoms with Gasteiger partial charge in [-0.1, -0.05) is 22.9 Å². The molecular formula is C5H10BrN. The number of nitrogens with one attached hydrogen (secondary N) is 1. The molecule has 0 aromatic carbocycles. The highest BCUT2D eigenvalue weighted by Crippen LogP contribution is 2.15. The van der Waals surface area contributed by atoms with Crippen LogP contribution in [0.4, 0.5) is 0 Å². The third-order valence-corrected chi connectivity index (χ3v) is 2.21. The first-order valence-electron chi connectivity index (χ1n) is 2.65. The Morgan fingerprint density at radius 1 is 1.71 bits per heavy atom. The van der Waals surface area contributed by atoms with E-state index in [0.29, 0.717) is 4.83 Å². The minimum atomic E-state index is 0.703. The molecule has 1 aliphatic heterocycles. The van der Waals surface area contributed by atoms with Crippen molar-refractivity contribution in [1.29, 1.82) is 0 Å². The zero-order valence-corrected chi connectivity index (χ0v) is 6.03. The molecule has 0 spiro atoms. The van der Waals surface area contributed by atoms with Gasteiger partial charge in [-0.25, -0.2) is 0 Å². The van der Waals surface area contributed by atoms with Crippen LogP contribution in [-0.2, 0) is 0 Å². The van der Waals surface area contributed by atoms with Gasteiger partial charge < -0.3 is 5.32 Å². The molecule has 0 aliphatic carbocycles. The summed E-state index contributed by atoms with van der Waals surface area (Å²) in [5.41, 5.74) is 0. The van der Waals surface area contributed by atoms with Crippen molar-refractivity contribution >= 4 is 15.9 Å². The fourth-order valence-corrected chi connectivity index (χ4v) is 1.01. The summed E-state index contributed by atoms with van der Waals surface area (Å²) in [5, 5.41) is 3.21. The second-order valence-corrected chi connectivity index (χ2v) is 3.54. The first-order chi connectivity index (χ1) is 3.30. The zero-order valence-electron chi connectivity index (χ0n) is 4.45. The van der Waals surface area contributed by atoms with E-state index in [1.54, 1.807) is 0 Å². The zero-order chi connectivity index (χ0) is 5.28. The molecule has 42 valence electrons. The highest BCUT2D eigenvalue weighted by atomic mass is 79.9. The topological polar surface area (TPSA) is 12.0 Å². The molecular weight excluding hydrogens is 154 g/mol. The standard InChI is InChI=1S/C5H10BrN/c1-4(6)5-2-7-3-5/h4-5,7H,2-3H2,1H3. The first kappa shape index (κ1) is 5.57. The maximum Gasteiger partial charge on any atom is 0.0170 e. The first-order valence-corrected chi connectivity index (χ1v) is 3.57. The van der Waals surface area contributed by atoms with Gasteiger partial charge in [0.25, 0.3) is 0 Å². The quantitative estimate of drug-likeness (QED) is 0.570. The molecule has 1 saturated heterocycles. The van der Waals surface area contributed by atoms with E-state index in [9.17, 15) is 0 Å². The predicted molar refractivity (Wildman–Crippen MR) is 34.7 cm³/mol. The summed E-state index contributed by atoms with van der Waals surface area (Å²) in [6, 6.07) is 0. The highest BCUT2D eigenvalue weighted by molar-refractivity contribution is 9.09. The normalized spacial score (nSPS) is 26.6. The van der Waals surface area contributed by atoms with Crippen LogP contribution in [0.1, 0.15) is 6.92 Å². The fraction of sp³-hybridized carbons (Fsp3) is 1.00. The smallest absolute Gasteiger partial charge is 0.0170 e. The van der Waals surface area contributed by atoms with Crippen molar-refractivity contribution in [3.8, 4) is 0 Å². The van der Waals surface area contributed by atoms with Crippen LogP contribution in [0.15, 0.2) is 0 Å². The van der Waals surface area contributed by atoms with Crippen LogP contribution in [-0.4, -0.2) is 17.9 Å². The fourth-order valence-electron chi connectivity index (χ4n) is 0.636. The lowest BCUT2D eigenvalue weighted by atomic mass is 10.0. The molecule has 7 heavy (non-hydrogen) atoms. The van der Waals surface area contributed by atoms with Gasteiger partial charge in [0.2, 0.25) is 0 Å². The van der Waals surface area contributed by atoms with Crippen LogP contribution in [0, 0.1) is 5.92 Å². The summed E-state index contributed by atoms with van der Waals surface area (Å²) < 4.78 is 0. The van der Waals surface area contributed by atoms with E-state index < -0.39 is 0 Å². The Morgan fingerprint density at radius 3 is 2.29 bits per heavy atom. The van der Waals surface area contributed by atoms with Gasteiger partial charge in [-0.15, -0.1) is 0 Å². The average Bonchev–Trinajstić information content (AvgIpc) is 1.23. The molecule has 2 heteroatoms. The lowest BCUT2D eigenvalue weighted by Gasteiger charge is -2.29. The van der Waals surface area contributed by atoms with E-state index in [1.165, 1.54) is 13.1 Å². The lowest BCUT2D eigenvalue weighted by molar-refractivity contribution is 0.350. The van der Waals surface area contributed by atoms with Crippen LogP contribution in [0.2, 0.25) is 0 Å². The summed E-state index contributed by atoms with van der Waals surface area (Å²) in [5.74, 6) is 0.889. The number of hydrogen-bond acceptors (Lipinski definition) is 1. The molecule has 0 aromatic heterocycles. The third kappa shape index (κ3) is 1.16. The van der Waals surface area contributed by atoms with Gasteiger partial charge in [-0.3, -0.25) is 0 Å². The average molecular weight is 164 g/mol. The molecule has 1 fully saturated rings. The Kier molecular flexibility index (Phi) is 1.70. The second-order valence-electron chi connectivity index (χ2n) is 2.10. The predicted octanol–water partition coefficient (Wildman–Crippen LogP) is 0.989. The van der Waals surface area contributed by atoms with Gasteiger partial charge in [0.15, 0.2) is 0 Å². The molecule has 1 nitrogen and oxygen atoms in total. The third-order valence-electron chi connectivity index (χ3n) is 1.46. The molecule has 0 radical (unpaired) electrons. The van der Waals surface area contributed by atoms with E-state index >= 15 is 0 Å². The van der Waals surface area contributed by atoms with Crippen LogP contribution >= 0.6 is 15.9 Å². The van der Waals surface area contributed by atoms with Gasteiger partial charge in [0.05, 0.1) is 0 Å². The summed E-state index contributed by atoms with van der Waals surface area (Å²) in [4.78, 5) is 0.703. The van der Waals surface area contributed by atoms with Crippen molar-refractivity contribution < 1.29 is 0 Å². The lowest BCUT2D eigenvalue weighted by Crippen LogP contribution is -2.45. The van der Waals surface area contributed by atoms with Gasteiger partial charge in [-0.05, 0) is 5.92 Å². The number of hydrogen-bond donors (Lipinski definition) is 1. The molecule has 1 aliphatic rings. The van der Waals surface area contributed by atoms with Gasteiger partial charge in [-0.2, -0.15) is 0 Å². The molecule has 1 unspecified atom stereocenters. The largest absolute Gasteiger partial charge is 0.316 e. The van der Waals surface area contributed by atoms with E-state index in [0.717, 1.165) is 5.92 Å². The molecule has 0 saturated carbocycles. The second kappa shape index (κ2) is 2.14. The Hall–Kier alpha value is 0.440. The van der Waals surface area contributed by atoms with Gasteiger partial charge in [0.1, 0.15) is 0 Å². The van der Waals surface area contributed by atoms with Crippen molar-refractivity contribution in [3.63, 3.8) is 0 Å². The van der Waals surface area contributed by atoms with Gasteiger partial charge in [0, 0.05) is 17.9 Å². The summed E-state index contributed by atoms with van der Waals surface area (Å²) >= 11 is 3.51. The molecule has 1 heterocycles. The monoisotopic (exact) mass is 163 g/mol. The maximum absolute atomic E-state index is 3.51. The molecule has 1 N–H and O–H groups in total. The number of halogens is 1. The minimum Gasteiger partial charge on any atom is -0.316 e. The van der Waals surface area contributed by atoms with Gasteiger partial charge >= 0.3 is 0 Å². The van der Waals surface area contributed by atoms with E-state index in [-0.39, 0.29) is 0 Å². The summed E-state index contributed by atoms with van der Waals surface area (Å²) in [7, 11) is 0. The van der Waals surface area contributed by atoms with Crippen LogP contribution in [0.5, 0.6) is 0 Å². The van der Waals surface area contributed by atoms with Crippen LogP contribution in [0.3, 0.4) is 0 Å². The van der Waals surface area contributed by atoms with Crippen molar-refractivity contribution in [2.75, 3.05) is 13.1 Å². The Bertz CT molecular complexity index is 59.1. The molecule has 0 amide bonds. The summed E-state index contributed by atoms with van der Waals surface area (Å²) in [6.45, 7) is 4.60. The van der Waals surface area contributed by atoms with Crippen molar-refractivity contribution in [1.82, 2.24) is 5.32 Å². The van der Waals surface area contributed by atoms with Crippen LogP contribution in [0.25, 0.3) is 0 Å². The minimum absolute atomic E-state index is 0.703. The van der Waals surface area contributed by atoms with Crippen molar-refractivity contribution in [2.24, 2.45) is 5.92 Å². The number of rotatable bonds is 1.